The van der Waals surface area contributed by atoms with E-state index in [4.69, 9.17) is 11.6 Å². The molecule has 0 amide bonds. The van der Waals surface area contributed by atoms with Gasteiger partial charge in [0.15, 0.2) is 0 Å². The van der Waals surface area contributed by atoms with Crippen LogP contribution in [0.25, 0.3) is 0 Å². The predicted octanol–water partition coefficient (Wildman–Crippen LogP) is 2.75. The Morgan fingerprint density at radius 3 is 2.81 bits per heavy atom. The molecule has 0 spiro atoms. The largest absolute Gasteiger partial charge is 0.372 e. The molecule has 1 atom stereocenters. The second-order valence-corrected chi connectivity index (χ2v) is 7.51. The molecule has 2 N–H and O–H groups in total. The maximum Gasteiger partial charge on any atom is 0.242 e. The quantitative estimate of drug-likeness (QED) is 0.844. The highest BCUT2D eigenvalue weighted by Crippen LogP contribution is 2.22. The predicted molar refractivity (Wildman–Crippen MR) is 86.6 cm³/mol. The van der Waals surface area contributed by atoms with Gasteiger partial charge in [-0.05, 0) is 41.8 Å². The first-order valence-corrected chi connectivity index (χ1v) is 9.09. The van der Waals surface area contributed by atoms with Crippen molar-refractivity contribution >= 4 is 38.8 Å². The van der Waals surface area contributed by atoms with Crippen molar-refractivity contribution in [1.29, 1.82) is 0 Å². The molecule has 8 heteroatoms. The van der Waals surface area contributed by atoms with E-state index in [1.165, 1.54) is 12.3 Å². The van der Waals surface area contributed by atoms with Crippen LogP contribution in [0.5, 0.6) is 0 Å². The number of pyridine rings is 1. The van der Waals surface area contributed by atoms with Crippen molar-refractivity contribution in [3.63, 3.8) is 0 Å². The summed E-state index contributed by atoms with van der Waals surface area (Å²) in [5.74, 6) is 0.446. The first-order chi connectivity index (χ1) is 9.92. The number of thiophene rings is 1. The van der Waals surface area contributed by atoms with E-state index in [-0.39, 0.29) is 16.0 Å². The molecular weight excluding hydrogens is 330 g/mol. The van der Waals surface area contributed by atoms with E-state index in [1.54, 1.807) is 18.4 Å². The summed E-state index contributed by atoms with van der Waals surface area (Å²) in [6.45, 7) is 1.83. The average Bonchev–Trinajstić information content (AvgIpc) is 2.90. The highest BCUT2D eigenvalue weighted by Gasteiger charge is 2.19. The van der Waals surface area contributed by atoms with Gasteiger partial charge in [0.25, 0.3) is 0 Å². The van der Waals surface area contributed by atoms with Gasteiger partial charge in [0.2, 0.25) is 10.0 Å². The van der Waals surface area contributed by atoms with Crippen LogP contribution in [0.15, 0.2) is 34.0 Å². The number of rotatable bonds is 6. The summed E-state index contributed by atoms with van der Waals surface area (Å²) in [5.41, 5.74) is 1.11. The Kier molecular flexibility index (Phi) is 5.21. The zero-order valence-electron chi connectivity index (χ0n) is 11.6. The lowest BCUT2D eigenvalue weighted by atomic mass is 10.1. The first-order valence-electron chi connectivity index (χ1n) is 6.29. The first kappa shape index (κ1) is 16.2. The smallest absolute Gasteiger partial charge is 0.242 e. The lowest BCUT2D eigenvalue weighted by molar-refractivity contribution is 0.559. The summed E-state index contributed by atoms with van der Waals surface area (Å²) in [6.07, 6.45) is 1.93. The standard InChI is InChI=1S/C13H16ClN3O2S2/c1-9(5-10-3-4-20-8-10)17-21(18,19)11-6-12(14)13(15-2)16-7-11/h3-4,6-9,17H,5H2,1-2H3,(H,15,16). The second-order valence-electron chi connectivity index (χ2n) is 4.61. The lowest BCUT2D eigenvalue weighted by Crippen LogP contribution is -2.34. The van der Waals surface area contributed by atoms with Crippen LogP contribution in [0.3, 0.4) is 0 Å². The molecule has 0 bridgehead atoms. The Bertz CT molecular complexity index is 702. The van der Waals surface area contributed by atoms with E-state index in [2.05, 4.69) is 15.0 Å². The van der Waals surface area contributed by atoms with E-state index >= 15 is 0 Å². The number of anilines is 1. The van der Waals surface area contributed by atoms with Gasteiger partial charge < -0.3 is 5.32 Å². The molecule has 21 heavy (non-hydrogen) atoms. The number of hydrogen-bond donors (Lipinski definition) is 2. The molecule has 0 aliphatic heterocycles. The van der Waals surface area contributed by atoms with Gasteiger partial charge in [-0.15, -0.1) is 0 Å². The Morgan fingerprint density at radius 1 is 1.48 bits per heavy atom. The topological polar surface area (TPSA) is 71.1 Å². The van der Waals surface area contributed by atoms with Crippen molar-refractivity contribution < 1.29 is 8.42 Å². The van der Waals surface area contributed by atoms with Gasteiger partial charge in [0, 0.05) is 19.3 Å². The number of nitrogens with zero attached hydrogens (tertiary/aromatic N) is 1. The van der Waals surface area contributed by atoms with Crippen molar-refractivity contribution in [1.82, 2.24) is 9.71 Å². The zero-order valence-corrected chi connectivity index (χ0v) is 14.0. The van der Waals surface area contributed by atoms with E-state index in [0.29, 0.717) is 12.2 Å². The minimum absolute atomic E-state index is 0.0590. The average molecular weight is 346 g/mol. The molecule has 0 saturated carbocycles. The van der Waals surface area contributed by atoms with E-state index in [9.17, 15) is 8.42 Å². The molecule has 2 aromatic rings. The highest BCUT2D eigenvalue weighted by molar-refractivity contribution is 7.89. The van der Waals surface area contributed by atoms with Gasteiger partial charge in [-0.2, -0.15) is 11.3 Å². The Hall–Kier alpha value is -1.15. The maximum absolute atomic E-state index is 12.3. The molecule has 2 aromatic heterocycles. The number of aromatic nitrogens is 1. The van der Waals surface area contributed by atoms with Gasteiger partial charge in [0.1, 0.15) is 10.7 Å². The highest BCUT2D eigenvalue weighted by atomic mass is 35.5. The fraction of sp³-hybridized carbons (Fsp3) is 0.308. The van der Waals surface area contributed by atoms with E-state index in [1.807, 2.05) is 23.8 Å². The van der Waals surface area contributed by atoms with Crippen LogP contribution in [0.2, 0.25) is 5.02 Å². The molecule has 0 aliphatic rings. The number of sulfonamides is 1. The number of halogens is 1. The fourth-order valence-corrected chi connectivity index (χ4v) is 4.11. The molecule has 114 valence electrons. The molecule has 0 saturated heterocycles. The summed E-state index contributed by atoms with van der Waals surface area (Å²) in [7, 11) is -1.96. The third-order valence-corrected chi connectivity index (χ3v) is 5.42. The van der Waals surface area contributed by atoms with Crippen LogP contribution < -0.4 is 10.0 Å². The SMILES string of the molecule is CNc1ncc(S(=O)(=O)NC(C)Cc2ccsc2)cc1Cl. The van der Waals surface area contributed by atoms with Gasteiger partial charge in [-0.25, -0.2) is 18.1 Å². The lowest BCUT2D eigenvalue weighted by Gasteiger charge is -2.14. The Labute approximate surface area is 133 Å². The zero-order chi connectivity index (χ0) is 15.5. The normalized spacial score (nSPS) is 13.1. The molecule has 2 heterocycles. The van der Waals surface area contributed by atoms with Gasteiger partial charge in [-0.1, -0.05) is 11.6 Å². The molecule has 0 fully saturated rings. The summed E-state index contributed by atoms with van der Waals surface area (Å²) >= 11 is 7.56. The monoisotopic (exact) mass is 345 g/mol. The van der Waals surface area contributed by atoms with Gasteiger partial charge in [0.05, 0.1) is 5.02 Å². The van der Waals surface area contributed by atoms with Gasteiger partial charge >= 0.3 is 0 Å². The van der Waals surface area contributed by atoms with Crippen molar-refractivity contribution in [3.8, 4) is 0 Å². The minimum atomic E-state index is -3.63. The molecule has 2 rings (SSSR count). The molecule has 0 radical (unpaired) electrons. The molecule has 1 unspecified atom stereocenters. The molecular formula is C13H16ClN3O2S2. The summed E-state index contributed by atoms with van der Waals surface area (Å²) in [6, 6.07) is 3.16. The van der Waals surface area contributed by atoms with Crippen LogP contribution in [0.4, 0.5) is 5.82 Å². The minimum Gasteiger partial charge on any atom is -0.372 e. The van der Waals surface area contributed by atoms with Crippen molar-refractivity contribution in [2.75, 3.05) is 12.4 Å². The van der Waals surface area contributed by atoms with E-state index in [0.717, 1.165) is 5.56 Å². The third kappa shape index (κ3) is 4.16. The third-order valence-electron chi connectivity index (χ3n) is 2.84. The van der Waals surface area contributed by atoms with Crippen molar-refractivity contribution in [3.05, 3.63) is 39.7 Å². The summed E-state index contributed by atoms with van der Waals surface area (Å²) < 4.78 is 27.2. The Balaban J connectivity index is 2.12. The van der Waals surface area contributed by atoms with Gasteiger partial charge in [-0.3, -0.25) is 0 Å². The van der Waals surface area contributed by atoms with E-state index < -0.39 is 10.0 Å². The van der Waals surface area contributed by atoms with Crippen LogP contribution in [0.1, 0.15) is 12.5 Å². The van der Waals surface area contributed by atoms with Crippen LogP contribution in [-0.2, 0) is 16.4 Å². The molecule has 0 aromatic carbocycles. The summed E-state index contributed by atoms with van der Waals surface area (Å²) in [5, 5.41) is 7.03. The van der Waals surface area contributed by atoms with Crippen LogP contribution in [0, 0.1) is 0 Å². The molecule has 0 aliphatic carbocycles. The summed E-state index contributed by atoms with van der Waals surface area (Å²) in [4.78, 5) is 4.04. The van der Waals surface area contributed by atoms with Crippen molar-refractivity contribution in [2.24, 2.45) is 0 Å². The molecule has 5 nitrogen and oxygen atoms in total. The van der Waals surface area contributed by atoms with Crippen LogP contribution >= 0.6 is 22.9 Å². The second kappa shape index (κ2) is 6.74. The Morgan fingerprint density at radius 2 is 2.24 bits per heavy atom. The maximum atomic E-state index is 12.3. The fourth-order valence-electron chi connectivity index (χ4n) is 1.89. The van der Waals surface area contributed by atoms with Crippen molar-refractivity contribution in [2.45, 2.75) is 24.3 Å². The number of hydrogen-bond acceptors (Lipinski definition) is 5. The van der Waals surface area contributed by atoms with Crippen LogP contribution in [-0.4, -0.2) is 26.5 Å². The number of nitrogens with one attached hydrogen (secondary N) is 2.